The van der Waals surface area contributed by atoms with Crippen molar-refractivity contribution in [1.29, 1.82) is 0 Å². The molecule has 0 aliphatic heterocycles. The van der Waals surface area contributed by atoms with Gasteiger partial charge in [0.15, 0.2) is 0 Å². The molecule has 0 fully saturated rings. The van der Waals surface area contributed by atoms with Gasteiger partial charge in [-0.2, -0.15) is 0 Å². The van der Waals surface area contributed by atoms with E-state index in [1.165, 1.54) is 61.2 Å². The van der Waals surface area contributed by atoms with Gasteiger partial charge >= 0.3 is 0 Å². The smallest absolute Gasteiger partial charge is 0.129 e. The molecular weight excluding hydrogens is 544 g/mol. The molecule has 2 heteroatoms. The fraction of sp³-hybridized carbons (Fsp3) is 0.558. The summed E-state index contributed by atoms with van der Waals surface area (Å²) in [6.07, 6.45) is 0. The van der Waals surface area contributed by atoms with Crippen molar-refractivity contribution in [2.45, 2.75) is 158 Å². The van der Waals surface area contributed by atoms with Gasteiger partial charge < -0.3 is 5.32 Å². The van der Waals surface area contributed by atoms with Crippen LogP contribution in [0.15, 0.2) is 47.5 Å². The SMILES string of the molecule is CC(C)N=C(NC(C)C)c1c(-c2c(C(C)C)cc(C(C)C)cc2C(C)C)cccc1-c1c(C(C)C)cc(C(C)C)cc1C(C)C. The van der Waals surface area contributed by atoms with Crippen LogP contribution in [0.5, 0.6) is 0 Å². The lowest BCUT2D eigenvalue weighted by Gasteiger charge is -2.29. The highest BCUT2D eigenvalue weighted by Gasteiger charge is 2.28. The number of hydrogen-bond donors (Lipinski definition) is 1. The number of amidine groups is 1. The van der Waals surface area contributed by atoms with Crippen molar-refractivity contribution in [3.05, 3.63) is 81.4 Å². The number of nitrogens with one attached hydrogen (secondary N) is 1. The number of rotatable bonds is 11. The van der Waals surface area contributed by atoms with Crippen LogP contribution >= 0.6 is 0 Å². The van der Waals surface area contributed by atoms with Gasteiger partial charge in [-0.25, -0.2) is 0 Å². The summed E-state index contributed by atoms with van der Waals surface area (Å²) in [7, 11) is 0. The molecule has 1 N–H and O–H groups in total. The quantitative estimate of drug-likeness (QED) is 0.170. The van der Waals surface area contributed by atoms with Crippen molar-refractivity contribution >= 4 is 5.84 Å². The van der Waals surface area contributed by atoms with E-state index in [2.05, 4.69) is 159 Å². The molecule has 0 radical (unpaired) electrons. The zero-order chi connectivity index (χ0) is 33.9. The topological polar surface area (TPSA) is 24.4 Å². The molecule has 45 heavy (non-hydrogen) atoms. The fourth-order valence-electron chi connectivity index (χ4n) is 6.46. The molecular formula is C43H64N2. The van der Waals surface area contributed by atoms with E-state index in [1.807, 2.05) is 0 Å². The van der Waals surface area contributed by atoms with Gasteiger partial charge in [0.05, 0.1) is 0 Å². The second-order valence-electron chi connectivity index (χ2n) is 15.7. The maximum Gasteiger partial charge on any atom is 0.129 e. The Morgan fingerprint density at radius 1 is 0.489 bits per heavy atom. The van der Waals surface area contributed by atoms with Gasteiger partial charge in [0, 0.05) is 17.6 Å². The van der Waals surface area contributed by atoms with Crippen molar-refractivity contribution in [2.75, 3.05) is 0 Å². The van der Waals surface area contributed by atoms with E-state index in [1.54, 1.807) is 0 Å². The molecule has 0 atom stereocenters. The van der Waals surface area contributed by atoms with Gasteiger partial charge in [0.1, 0.15) is 5.84 Å². The van der Waals surface area contributed by atoms with E-state index in [0.717, 1.165) is 5.84 Å². The van der Waals surface area contributed by atoms with Crippen LogP contribution in [-0.2, 0) is 0 Å². The summed E-state index contributed by atoms with van der Waals surface area (Å²) in [6.45, 7) is 36.9. The van der Waals surface area contributed by atoms with Gasteiger partial charge in [-0.1, -0.05) is 126 Å². The van der Waals surface area contributed by atoms with Crippen molar-refractivity contribution in [2.24, 2.45) is 4.99 Å². The molecule has 3 rings (SSSR count). The van der Waals surface area contributed by atoms with Crippen LogP contribution in [0, 0.1) is 0 Å². The molecule has 2 nitrogen and oxygen atoms in total. The van der Waals surface area contributed by atoms with Crippen LogP contribution in [0.25, 0.3) is 22.3 Å². The van der Waals surface area contributed by atoms with E-state index in [9.17, 15) is 0 Å². The minimum absolute atomic E-state index is 0.155. The maximum atomic E-state index is 5.35. The average molecular weight is 609 g/mol. The van der Waals surface area contributed by atoms with E-state index in [4.69, 9.17) is 4.99 Å². The molecule has 0 bridgehead atoms. The predicted molar refractivity (Wildman–Crippen MR) is 202 cm³/mol. The minimum atomic E-state index is 0.155. The second kappa shape index (κ2) is 15.1. The predicted octanol–water partition coefficient (Wildman–Crippen LogP) is 12.9. The van der Waals surface area contributed by atoms with Crippen LogP contribution in [0.1, 0.15) is 185 Å². The summed E-state index contributed by atoms with van der Waals surface area (Å²) in [4.78, 5) is 5.35. The number of aliphatic imine (C=N–C) groups is 1. The lowest BCUT2D eigenvalue weighted by Crippen LogP contribution is -2.33. The van der Waals surface area contributed by atoms with Crippen molar-refractivity contribution in [3.8, 4) is 22.3 Å². The fourth-order valence-corrected chi connectivity index (χ4v) is 6.46. The maximum absolute atomic E-state index is 5.35. The molecule has 0 heterocycles. The Balaban J connectivity index is 2.71. The molecule has 3 aromatic rings. The Bertz CT molecular complexity index is 1330. The number of benzene rings is 3. The summed E-state index contributed by atoms with van der Waals surface area (Å²) >= 11 is 0. The lowest BCUT2D eigenvalue weighted by atomic mass is 9.76. The summed E-state index contributed by atoms with van der Waals surface area (Å²) in [5.74, 6) is 3.50. The summed E-state index contributed by atoms with van der Waals surface area (Å²) in [5, 5.41) is 3.85. The first kappa shape index (κ1) is 36.6. The Morgan fingerprint density at radius 3 is 1.07 bits per heavy atom. The third-order valence-corrected chi connectivity index (χ3v) is 8.92. The first-order chi connectivity index (χ1) is 21.0. The highest BCUT2D eigenvalue weighted by molar-refractivity contribution is 6.11. The van der Waals surface area contributed by atoms with E-state index in [-0.39, 0.29) is 12.1 Å². The summed E-state index contributed by atoms with van der Waals surface area (Å²) in [5.41, 5.74) is 15.2. The van der Waals surface area contributed by atoms with Crippen LogP contribution in [0.2, 0.25) is 0 Å². The number of nitrogens with zero attached hydrogens (tertiary/aromatic N) is 1. The van der Waals surface area contributed by atoms with Gasteiger partial charge in [-0.05, 0) is 119 Å². The van der Waals surface area contributed by atoms with E-state index >= 15 is 0 Å². The lowest BCUT2D eigenvalue weighted by molar-refractivity contribution is 0.719. The number of hydrogen-bond acceptors (Lipinski definition) is 1. The van der Waals surface area contributed by atoms with Crippen molar-refractivity contribution in [1.82, 2.24) is 5.32 Å². The van der Waals surface area contributed by atoms with E-state index in [0.29, 0.717) is 35.5 Å². The molecule has 246 valence electrons. The zero-order valence-corrected chi connectivity index (χ0v) is 31.6. The van der Waals surface area contributed by atoms with Gasteiger partial charge in [0.25, 0.3) is 0 Å². The Labute approximate surface area is 277 Å². The van der Waals surface area contributed by atoms with Crippen molar-refractivity contribution < 1.29 is 0 Å². The largest absolute Gasteiger partial charge is 0.368 e. The third-order valence-electron chi connectivity index (χ3n) is 8.92. The standard InChI is InChI=1S/C43H64N2/c1-24(2)32-20-36(26(5)6)40(37(21-32)27(7)8)34-18-17-19-35(42(34)43(44-30(13)14)45-31(15)16)41-38(28(9)10)22-33(25(3)4)23-39(41)29(11)12/h17-31H,1-16H3,(H,44,45). The van der Waals surface area contributed by atoms with Crippen LogP contribution < -0.4 is 5.32 Å². The molecule has 0 aliphatic carbocycles. The van der Waals surface area contributed by atoms with Crippen LogP contribution in [0.3, 0.4) is 0 Å². The Kier molecular flexibility index (Phi) is 12.3. The normalized spacial score (nSPS) is 12.8. The minimum Gasteiger partial charge on any atom is -0.368 e. The van der Waals surface area contributed by atoms with Gasteiger partial charge in [0.2, 0.25) is 0 Å². The molecule has 0 amide bonds. The first-order valence-corrected chi connectivity index (χ1v) is 17.8. The molecule has 0 unspecified atom stereocenters. The van der Waals surface area contributed by atoms with Crippen LogP contribution in [0.4, 0.5) is 0 Å². The molecule has 0 saturated heterocycles. The van der Waals surface area contributed by atoms with E-state index < -0.39 is 0 Å². The zero-order valence-electron chi connectivity index (χ0n) is 31.6. The summed E-state index contributed by atoms with van der Waals surface area (Å²) in [6, 6.07) is 17.4. The van der Waals surface area contributed by atoms with Crippen molar-refractivity contribution in [3.63, 3.8) is 0 Å². The Morgan fingerprint density at radius 2 is 0.822 bits per heavy atom. The molecule has 0 spiro atoms. The first-order valence-electron chi connectivity index (χ1n) is 17.8. The van der Waals surface area contributed by atoms with Gasteiger partial charge in [-0.3, -0.25) is 4.99 Å². The molecule has 0 aromatic heterocycles. The Hall–Kier alpha value is -2.87. The summed E-state index contributed by atoms with van der Waals surface area (Å²) < 4.78 is 0. The highest BCUT2D eigenvalue weighted by Crippen LogP contribution is 2.46. The monoisotopic (exact) mass is 609 g/mol. The molecule has 0 aliphatic rings. The molecule has 0 saturated carbocycles. The molecule has 3 aromatic carbocycles. The highest BCUT2D eigenvalue weighted by atomic mass is 15.0. The third kappa shape index (κ3) is 8.30. The van der Waals surface area contributed by atoms with Crippen LogP contribution in [-0.4, -0.2) is 17.9 Å². The average Bonchev–Trinajstić information content (AvgIpc) is 2.94. The van der Waals surface area contributed by atoms with Gasteiger partial charge in [-0.15, -0.1) is 0 Å². The second-order valence-corrected chi connectivity index (χ2v) is 15.7.